The number of piperidine rings is 1. The molecule has 1 aliphatic heterocycles. The molecule has 156 valence electrons. The Hall–Kier alpha value is -1.41. The van der Waals surface area contributed by atoms with Crippen LogP contribution in [-0.4, -0.2) is 39.2 Å². The van der Waals surface area contributed by atoms with Crippen molar-refractivity contribution < 1.29 is 4.79 Å². The van der Waals surface area contributed by atoms with E-state index in [4.69, 9.17) is 12.2 Å². The number of rotatable bonds is 5. The molecule has 4 rings (SSSR count). The van der Waals surface area contributed by atoms with Crippen LogP contribution in [-0.2, 0) is 6.54 Å². The van der Waals surface area contributed by atoms with Crippen LogP contribution in [0.5, 0.6) is 0 Å². The topological polar surface area (TPSA) is 47.2 Å². The van der Waals surface area contributed by atoms with E-state index in [9.17, 15) is 9.59 Å². The molecule has 30 heavy (non-hydrogen) atoms. The van der Waals surface area contributed by atoms with E-state index >= 15 is 0 Å². The van der Waals surface area contributed by atoms with Gasteiger partial charge in [0.2, 0.25) is 0 Å². The van der Waals surface area contributed by atoms with Gasteiger partial charge in [0.15, 0.2) is 10.6 Å². The van der Waals surface area contributed by atoms with E-state index in [1.807, 2.05) is 52.9 Å². The summed E-state index contributed by atoms with van der Waals surface area (Å²) in [4.78, 5) is 28.0. The largest absolute Gasteiger partial charge is 0.302 e. The number of fused-ring (bicyclic) bond motifs is 1. The molecule has 2 heterocycles. The van der Waals surface area contributed by atoms with Crippen molar-refractivity contribution in [1.29, 1.82) is 0 Å². The summed E-state index contributed by atoms with van der Waals surface area (Å²) in [6, 6.07) is 15.3. The first-order valence-corrected chi connectivity index (χ1v) is 12.0. The summed E-state index contributed by atoms with van der Waals surface area (Å²) >= 11 is 7.78. The number of carbonyl (C=O) groups excluding carboxylic acids is 1. The van der Waals surface area contributed by atoms with Gasteiger partial charge in [-0.25, -0.2) is 0 Å². The first-order valence-electron chi connectivity index (χ1n) is 9.97. The predicted molar refractivity (Wildman–Crippen MR) is 135 cm³/mol. The average molecular weight is 551 g/mol. The third kappa shape index (κ3) is 4.44. The number of nitrogens with zero attached hydrogens (tertiary/aromatic N) is 3. The van der Waals surface area contributed by atoms with Gasteiger partial charge in [-0.3, -0.25) is 14.2 Å². The molecule has 5 nitrogen and oxygen atoms in total. The van der Waals surface area contributed by atoms with Gasteiger partial charge in [-0.15, -0.1) is 0 Å². The minimum absolute atomic E-state index is 0.0435. The summed E-state index contributed by atoms with van der Waals surface area (Å²) in [7, 11) is 2.61. The fourth-order valence-electron chi connectivity index (χ4n) is 4.04. The lowest BCUT2D eigenvalue weighted by Gasteiger charge is -2.31. The minimum atomic E-state index is -0.0435. The van der Waals surface area contributed by atoms with E-state index in [1.165, 1.54) is 0 Å². The number of carbonyl (C=O) groups is 1. The molecule has 0 N–H and O–H groups in total. The van der Waals surface area contributed by atoms with E-state index in [1.54, 1.807) is 4.57 Å². The van der Waals surface area contributed by atoms with Crippen molar-refractivity contribution in [2.24, 2.45) is 5.92 Å². The smallest absolute Gasteiger partial charge is 0.262 e. The molecule has 0 radical (unpaired) electrons. The number of likely N-dealkylation sites (tertiary alicyclic amines) is 1. The lowest BCUT2D eigenvalue weighted by molar-refractivity contribution is 0.0837. The Morgan fingerprint density at radius 2 is 1.73 bits per heavy atom. The second-order valence-electron chi connectivity index (χ2n) is 7.61. The van der Waals surface area contributed by atoms with Gasteiger partial charge >= 0.3 is 0 Å². The van der Waals surface area contributed by atoms with Crippen LogP contribution in [0.25, 0.3) is 10.9 Å². The fourth-order valence-corrected chi connectivity index (χ4v) is 5.03. The number of benzene rings is 2. The molecule has 0 spiro atoms. The van der Waals surface area contributed by atoms with Crippen molar-refractivity contribution >= 4 is 60.9 Å². The molecular weight excluding hydrogens is 528 g/mol. The summed E-state index contributed by atoms with van der Waals surface area (Å²) in [5.74, 6) is 0.321. The lowest BCUT2D eigenvalue weighted by Crippen LogP contribution is -2.39. The number of para-hydroxylation sites is 1. The van der Waals surface area contributed by atoms with Crippen molar-refractivity contribution in [3.05, 3.63) is 72.8 Å². The molecule has 0 amide bonds. The number of Topliss-reactive ketones (excluding diaryl/α,β-unsaturated/α-hetero) is 1. The minimum Gasteiger partial charge on any atom is -0.302 e. The molecule has 3 aromatic rings. The standard InChI is InChI=1S/C22H23IN3O2PS/c23-17-7-5-15(6-8-17)20(27)16-9-11-24(12-10-16)13-14-25-21(28)18-3-1-2-4-19(18)26(29)22(25)30/h1-8,16H,9-14,29H2. The van der Waals surface area contributed by atoms with Gasteiger partial charge in [0.05, 0.1) is 10.9 Å². The maximum Gasteiger partial charge on any atom is 0.262 e. The van der Waals surface area contributed by atoms with Crippen LogP contribution in [0.3, 0.4) is 0 Å². The van der Waals surface area contributed by atoms with E-state index in [2.05, 4.69) is 36.9 Å². The molecule has 0 aliphatic carbocycles. The highest BCUT2D eigenvalue weighted by atomic mass is 127. The van der Waals surface area contributed by atoms with Crippen LogP contribution in [0.2, 0.25) is 0 Å². The Labute approximate surface area is 196 Å². The SMILES string of the molecule is O=C(c1ccc(I)cc1)C1CCN(CCn2c(=O)c3ccccc3n(P)c2=S)CC1. The first-order chi connectivity index (χ1) is 14.5. The van der Waals surface area contributed by atoms with E-state index in [0.29, 0.717) is 16.7 Å². The number of ketones is 1. The average Bonchev–Trinajstić information content (AvgIpc) is 2.78. The highest BCUT2D eigenvalue weighted by molar-refractivity contribution is 14.1. The molecule has 1 fully saturated rings. The molecule has 1 aromatic heterocycles. The zero-order chi connectivity index (χ0) is 21.3. The van der Waals surface area contributed by atoms with Gasteiger partial charge in [-0.05, 0) is 94.4 Å². The van der Waals surface area contributed by atoms with Gasteiger partial charge < -0.3 is 9.24 Å². The van der Waals surface area contributed by atoms with Crippen LogP contribution in [0.15, 0.2) is 53.3 Å². The quantitative estimate of drug-likeness (QED) is 0.205. The maximum atomic E-state index is 12.9. The van der Waals surface area contributed by atoms with Crippen LogP contribution >= 0.6 is 44.2 Å². The van der Waals surface area contributed by atoms with Gasteiger partial charge in [0.25, 0.3) is 5.56 Å². The third-order valence-electron chi connectivity index (χ3n) is 5.80. The highest BCUT2D eigenvalue weighted by Crippen LogP contribution is 2.22. The van der Waals surface area contributed by atoms with Crippen molar-refractivity contribution in [2.45, 2.75) is 19.4 Å². The van der Waals surface area contributed by atoms with Crippen molar-refractivity contribution in [1.82, 2.24) is 13.8 Å². The van der Waals surface area contributed by atoms with Gasteiger partial charge in [0, 0.05) is 28.1 Å². The summed E-state index contributed by atoms with van der Waals surface area (Å²) in [5, 5.41) is 0.669. The highest BCUT2D eigenvalue weighted by Gasteiger charge is 2.25. The Balaban J connectivity index is 1.41. The fraction of sp³-hybridized carbons (Fsp3) is 0.318. The zero-order valence-electron chi connectivity index (χ0n) is 16.5. The Kier molecular flexibility index (Phi) is 6.82. The monoisotopic (exact) mass is 551 g/mol. The molecule has 0 bridgehead atoms. The van der Waals surface area contributed by atoms with Crippen LogP contribution < -0.4 is 5.56 Å². The normalized spacial score (nSPS) is 15.5. The zero-order valence-corrected chi connectivity index (χ0v) is 20.6. The molecule has 0 saturated carbocycles. The van der Waals surface area contributed by atoms with Crippen LogP contribution in [0.1, 0.15) is 23.2 Å². The summed E-state index contributed by atoms with van der Waals surface area (Å²) in [5.41, 5.74) is 1.58. The number of hydrogen-bond donors (Lipinski definition) is 0. The van der Waals surface area contributed by atoms with Crippen molar-refractivity contribution in [3.63, 3.8) is 0 Å². The molecule has 8 heteroatoms. The van der Waals surface area contributed by atoms with Crippen molar-refractivity contribution in [3.8, 4) is 0 Å². The van der Waals surface area contributed by atoms with Crippen LogP contribution in [0, 0.1) is 14.3 Å². The Morgan fingerprint density at radius 3 is 2.43 bits per heavy atom. The molecule has 2 aromatic carbocycles. The molecule has 1 atom stereocenters. The Bertz CT molecular complexity index is 1200. The molecule has 1 unspecified atom stereocenters. The van der Waals surface area contributed by atoms with Gasteiger partial charge in [-0.2, -0.15) is 0 Å². The number of aromatic nitrogens is 2. The number of halogens is 1. The summed E-state index contributed by atoms with van der Waals surface area (Å²) < 4.78 is 5.13. The van der Waals surface area contributed by atoms with Crippen LogP contribution in [0.4, 0.5) is 0 Å². The number of hydrogen-bond acceptors (Lipinski definition) is 4. The third-order valence-corrected chi connectivity index (χ3v) is 7.65. The first kappa shape index (κ1) is 21.8. The second kappa shape index (κ2) is 9.39. The molecule has 1 saturated heterocycles. The van der Waals surface area contributed by atoms with Gasteiger partial charge in [0.1, 0.15) is 0 Å². The Morgan fingerprint density at radius 1 is 1.07 bits per heavy atom. The van der Waals surface area contributed by atoms with E-state index < -0.39 is 0 Å². The molecular formula is C22H23IN3O2PS. The maximum absolute atomic E-state index is 12.9. The summed E-state index contributed by atoms with van der Waals surface area (Å²) in [6.45, 7) is 3.01. The predicted octanol–water partition coefficient (Wildman–Crippen LogP) is 4.37. The molecule has 1 aliphatic rings. The van der Waals surface area contributed by atoms with E-state index in [0.717, 1.165) is 47.1 Å². The van der Waals surface area contributed by atoms with Gasteiger partial charge in [-0.1, -0.05) is 24.3 Å². The second-order valence-corrected chi connectivity index (χ2v) is 9.74. The summed E-state index contributed by atoms with van der Waals surface area (Å²) in [6.07, 6.45) is 1.70. The lowest BCUT2D eigenvalue weighted by atomic mass is 9.89. The van der Waals surface area contributed by atoms with E-state index in [-0.39, 0.29) is 17.3 Å². The van der Waals surface area contributed by atoms with Crippen molar-refractivity contribution in [2.75, 3.05) is 19.6 Å².